The largest absolute Gasteiger partial charge is 0.364 e. The number of benzene rings is 1. The predicted octanol–water partition coefficient (Wildman–Crippen LogP) is 2.99. The Morgan fingerprint density at radius 3 is 2.73 bits per heavy atom. The summed E-state index contributed by atoms with van der Waals surface area (Å²) in [5.74, 6) is -0.345. The second-order valence-electron chi connectivity index (χ2n) is 4.82. The molecule has 3 rings (SSSR count). The van der Waals surface area contributed by atoms with Crippen LogP contribution in [0.3, 0.4) is 0 Å². The smallest absolute Gasteiger partial charge is 0.357 e. The van der Waals surface area contributed by atoms with Crippen LogP contribution in [0, 0.1) is 0 Å². The monoisotopic (exact) mass is 315 g/mol. The van der Waals surface area contributed by atoms with Crippen LogP contribution in [-0.4, -0.2) is 34.1 Å². The molecule has 0 saturated heterocycles. The van der Waals surface area contributed by atoms with Gasteiger partial charge in [-0.1, -0.05) is 24.3 Å². The lowest BCUT2D eigenvalue weighted by Crippen LogP contribution is -2.31. The highest BCUT2D eigenvalue weighted by atomic mass is 35.5. The van der Waals surface area contributed by atoms with Gasteiger partial charge in [-0.05, 0) is 41.8 Å². The molecule has 2 heterocycles. The standard InChI is InChI=1S/C16H14ClN3O2/c17-16-18-9-6-14(19-16)12-7-10-20(11-8-12)22-15(21)13-4-2-1-3-5-13/h1-7,9H,8,10-11H2. The fraction of sp³-hybridized carbons (Fsp3) is 0.188. The van der Waals surface area contributed by atoms with Crippen molar-refractivity contribution in [3.63, 3.8) is 0 Å². The molecule has 0 radical (unpaired) electrons. The quantitative estimate of drug-likeness (QED) is 0.815. The second-order valence-corrected chi connectivity index (χ2v) is 5.16. The Morgan fingerprint density at radius 1 is 1.23 bits per heavy atom. The fourth-order valence-corrected chi connectivity index (χ4v) is 2.37. The van der Waals surface area contributed by atoms with Crippen LogP contribution in [0.1, 0.15) is 22.5 Å². The van der Waals surface area contributed by atoms with Crippen molar-refractivity contribution in [2.45, 2.75) is 6.42 Å². The highest BCUT2D eigenvalue weighted by molar-refractivity contribution is 6.28. The lowest BCUT2D eigenvalue weighted by Gasteiger charge is -2.24. The first-order valence-corrected chi connectivity index (χ1v) is 7.30. The topological polar surface area (TPSA) is 55.3 Å². The molecule has 0 amide bonds. The number of rotatable bonds is 3. The van der Waals surface area contributed by atoms with E-state index in [4.69, 9.17) is 16.4 Å². The van der Waals surface area contributed by atoms with Crippen LogP contribution >= 0.6 is 11.6 Å². The van der Waals surface area contributed by atoms with E-state index in [0.717, 1.165) is 17.7 Å². The number of nitrogens with zero attached hydrogens (tertiary/aromatic N) is 3. The van der Waals surface area contributed by atoms with Gasteiger partial charge in [0.2, 0.25) is 5.28 Å². The van der Waals surface area contributed by atoms with Crippen LogP contribution in [0.25, 0.3) is 5.57 Å². The van der Waals surface area contributed by atoms with E-state index in [9.17, 15) is 4.79 Å². The number of halogens is 1. The van der Waals surface area contributed by atoms with E-state index in [1.165, 1.54) is 0 Å². The van der Waals surface area contributed by atoms with E-state index >= 15 is 0 Å². The lowest BCUT2D eigenvalue weighted by molar-refractivity contribution is -0.102. The maximum Gasteiger partial charge on any atom is 0.357 e. The van der Waals surface area contributed by atoms with E-state index < -0.39 is 0 Å². The first-order valence-electron chi connectivity index (χ1n) is 6.92. The zero-order valence-electron chi connectivity index (χ0n) is 11.8. The number of carbonyl (C=O) groups excluding carboxylic acids is 1. The first kappa shape index (κ1) is 14.7. The summed E-state index contributed by atoms with van der Waals surface area (Å²) < 4.78 is 0. The Bertz CT molecular complexity index is 704. The highest BCUT2D eigenvalue weighted by Gasteiger charge is 2.18. The molecule has 0 saturated carbocycles. The molecule has 6 heteroatoms. The molecule has 0 atom stereocenters. The summed E-state index contributed by atoms with van der Waals surface area (Å²) in [5.41, 5.74) is 2.44. The average Bonchev–Trinajstić information content (AvgIpc) is 2.56. The van der Waals surface area contributed by atoms with Crippen molar-refractivity contribution in [1.82, 2.24) is 15.0 Å². The normalized spacial score (nSPS) is 15.2. The molecule has 1 aliphatic heterocycles. The third-order valence-electron chi connectivity index (χ3n) is 3.35. The van der Waals surface area contributed by atoms with Crippen molar-refractivity contribution in [3.05, 3.63) is 65.2 Å². The van der Waals surface area contributed by atoms with Crippen LogP contribution in [0.5, 0.6) is 0 Å². The molecule has 22 heavy (non-hydrogen) atoms. The van der Waals surface area contributed by atoms with Gasteiger partial charge in [-0.2, -0.15) is 0 Å². The number of aromatic nitrogens is 2. The summed E-state index contributed by atoms with van der Waals surface area (Å²) in [6.45, 7) is 1.14. The van der Waals surface area contributed by atoms with Crippen molar-refractivity contribution in [3.8, 4) is 0 Å². The van der Waals surface area contributed by atoms with E-state index in [2.05, 4.69) is 9.97 Å². The molecule has 5 nitrogen and oxygen atoms in total. The maximum absolute atomic E-state index is 12.0. The number of hydrogen-bond donors (Lipinski definition) is 0. The molecule has 2 aromatic rings. The summed E-state index contributed by atoms with van der Waals surface area (Å²) >= 11 is 5.80. The summed E-state index contributed by atoms with van der Waals surface area (Å²) in [5, 5.41) is 1.87. The van der Waals surface area contributed by atoms with Gasteiger partial charge in [-0.25, -0.2) is 14.8 Å². The van der Waals surface area contributed by atoms with Crippen LogP contribution in [0.2, 0.25) is 5.28 Å². The van der Waals surface area contributed by atoms with E-state index in [0.29, 0.717) is 18.7 Å². The minimum atomic E-state index is -0.345. The van der Waals surface area contributed by atoms with Gasteiger partial charge >= 0.3 is 5.97 Å². The lowest BCUT2D eigenvalue weighted by atomic mass is 10.1. The second kappa shape index (κ2) is 6.68. The molecule has 0 aliphatic carbocycles. The fourth-order valence-electron chi connectivity index (χ4n) is 2.22. The van der Waals surface area contributed by atoms with Crippen LogP contribution < -0.4 is 0 Å². The molecule has 0 spiro atoms. The maximum atomic E-state index is 12.0. The van der Waals surface area contributed by atoms with E-state index in [1.54, 1.807) is 23.4 Å². The Kier molecular flexibility index (Phi) is 4.46. The third kappa shape index (κ3) is 3.50. The Labute approximate surface area is 133 Å². The van der Waals surface area contributed by atoms with Crippen LogP contribution in [-0.2, 0) is 4.84 Å². The zero-order chi connectivity index (χ0) is 15.4. The summed E-state index contributed by atoms with van der Waals surface area (Å²) in [6, 6.07) is 10.8. The zero-order valence-corrected chi connectivity index (χ0v) is 12.5. The van der Waals surface area contributed by atoms with Crippen molar-refractivity contribution < 1.29 is 9.63 Å². The molecule has 1 aromatic carbocycles. The Hall–Kier alpha value is -2.24. The van der Waals surface area contributed by atoms with Gasteiger partial charge in [-0.15, -0.1) is 5.06 Å². The van der Waals surface area contributed by atoms with Crippen LogP contribution in [0.15, 0.2) is 48.7 Å². The molecule has 112 valence electrons. The molecule has 0 bridgehead atoms. The van der Waals surface area contributed by atoms with Crippen molar-refractivity contribution in [2.24, 2.45) is 0 Å². The minimum absolute atomic E-state index is 0.233. The highest BCUT2D eigenvalue weighted by Crippen LogP contribution is 2.21. The van der Waals surface area contributed by atoms with Gasteiger partial charge in [0.05, 0.1) is 17.8 Å². The summed E-state index contributed by atoms with van der Waals surface area (Å²) in [7, 11) is 0. The molecule has 0 N–H and O–H groups in total. The Morgan fingerprint density at radius 2 is 2.05 bits per heavy atom. The average molecular weight is 316 g/mol. The molecular weight excluding hydrogens is 302 g/mol. The van der Waals surface area contributed by atoms with Crippen molar-refractivity contribution >= 4 is 23.1 Å². The molecule has 1 aliphatic rings. The molecule has 1 aromatic heterocycles. The van der Waals surface area contributed by atoms with Crippen molar-refractivity contribution in [1.29, 1.82) is 0 Å². The number of hydroxylamine groups is 2. The SMILES string of the molecule is O=C(ON1CC=C(c2ccnc(Cl)n2)CC1)c1ccccc1. The summed E-state index contributed by atoms with van der Waals surface area (Å²) in [4.78, 5) is 25.4. The van der Waals surface area contributed by atoms with Gasteiger partial charge in [0.25, 0.3) is 0 Å². The van der Waals surface area contributed by atoms with Gasteiger partial charge in [-0.3, -0.25) is 0 Å². The molecule has 0 fully saturated rings. The molecule has 0 unspecified atom stereocenters. The number of hydrogen-bond acceptors (Lipinski definition) is 5. The van der Waals surface area contributed by atoms with E-state index in [-0.39, 0.29) is 11.3 Å². The van der Waals surface area contributed by atoms with Crippen LogP contribution in [0.4, 0.5) is 0 Å². The first-order chi connectivity index (χ1) is 10.7. The predicted molar refractivity (Wildman–Crippen MR) is 83.1 cm³/mol. The third-order valence-corrected chi connectivity index (χ3v) is 3.53. The van der Waals surface area contributed by atoms with Gasteiger partial charge in [0.1, 0.15) is 0 Å². The van der Waals surface area contributed by atoms with Gasteiger partial charge < -0.3 is 4.84 Å². The molecular formula is C16H14ClN3O2. The van der Waals surface area contributed by atoms with E-state index in [1.807, 2.05) is 30.3 Å². The van der Waals surface area contributed by atoms with Gasteiger partial charge in [0, 0.05) is 12.7 Å². The number of carbonyl (C=O) groups is 1. The Balaban J connectivity index is 1.63. The summed E-state index contributed by atoms with van der Waals surface area (Å²) in [6.07, 6.45) is 4.35. The van der Waals surface area contributed by atoms with Gasteiger partial charge in [0.15, 0.2) is 0 Å². The van der Waals surface area contributed by atoms with Crippen molar-refractivity contribution in [2.75, 3.05) is 13.1 Å². The minimum Gasteiger partial charge on any atom is -0.364 e.